The van der Waals surface area contributed by atoms with Gasteiger partial charge in [0.2, 0.25) is 0 Å². The average Bonchev–Trinajstić information content (AvgIpc) is 3.06. The Morgan fingerprint density at radius 1 is 0.967 bits per heavy atom. The molecule has 3 aromatic carbocycles. The van der Waals surface area contributed by atoms with Crippen LogP contribution >= 0.6 is 11.6 Å². The van der Waals surface area contributed by atoms with Crippen LogP contribution in [0.2, 0.25) is 5.02 Å². The second kappa shape index (κ2) is 6.78. The predicted octanol–water partition coefficient (Wildman–Crippen LogP) is 6.06. The third kappa shape index (κ3) is 2.37. The SMILES string of the molecule is CCN(CC)c1cc(C)c(Cl)c2c1C(=O)OC21c2ccccc2Oc2ccccc21. The number of carbonyl (C=O) groups is 1. The molecule has 4 nitrogen and oxygen atoms in total. The minimum absolute atomic E-state index is 0.361. The fraction of sp³-hybridized carbons (Fsp3) is 0.240. The Hall–Kier alpha value is -2.98. The Bertz CT molecular complexity index is 1140. The number of hydrogen-bond donors (Lipinski definition) is 0. The summed E-state index contributed by atoms with van der Waals surface area (Å²) in [6.07, 6.45) is 0. The van der Waals surface area contributed by atoms with Crippen LogP contribution in [0.4, 0.5) is 5.69 Å². The van der Waals surface area contributed by atoms with Crippen molar-refractivity contribution in [1.82, 2.24) is 0 Å². The molecule has 0 aromatic heterocycles. The number of ether oxygens (including phenoxy) is 2. The molecule has 5 rings (SSSR count). The number of fused-ring (bicyclic) bond motifs is 6. The number of benzene rings is 3. The molecule has 0 amide bonds. The lowest BCUT2D eigenvalue weighted by Crippen LogP contribution is -2.33. The first-order chi connectivity index (χ1) is 14.5. The molecule has 30 heavy (non-hydrogen) atoms. The maximum atomic E-state index is 13.4. The van der Waals surface area contributed by atoms with Crippen LogP contribution < -0.4 is 9.64 Å². The van der Waals surface area contributed by atoms with E-state index in [9.17, 15) is 4.79 Å². The molecule has 1 spiro atoms. The van der Waals surface area contributed by atoms with Crippen LogP contribution in [0.3, 0.4) is 0 Å². The van der Waals surface area contributed by atoms with E-state index in [0.29, 0.717) is 27.6 Å². The van der Waals surface area contributed by atoms with E-state index in [-0.39, 0.29) is 5.97 Å². The van der Waals surface area contributed by atoms with Crippen LogP contribution in [0, 0.1) is 6.92 Å². The van der Waals surface area contributed by atoms with Crippen molar-refractivity contribution >= 4 is 23.3 Å². The first kappa shape index (κ1) is 19.0. The summed E-state index contributed by atoms with van der Waals surface area (Å²) in [6.45, 7) is 7.69. The standard InChI is InChI=1S/C25H22ClNO3/c1-4-27(5-2)18-14-15(3)23(26)22-21(18)24(28)30-25(22)16-10-6-8-12-19(16)29-20-13-9-7-11-17(20)25/h6-14H,4-5H2,1-3H3. The molecule has 0 bridgehead atoms. The zero-order valence-electron chi connectivity index (χ0n) is 17.2. The molecule has 0 fully saturated rings. The molecule has 0 radical (unpaired) electrons. The molecule has 0 atom stereocenters. The summed E-state index contributed by atoms with van der Waals surface area (Å²) < 4.78 is 12.5. The number of nitrogens with zero attached hydrogens (tertiary/aromatic N) is 1. The molecule has 2 aliphatic rings. The van der Waals surface area contributed by atoms with E-state index in [1.807, 2.05) is 61.5 Å². The van der Waals surface area contributed by atoms with Gasteiger partial charge in [-0.15, -0.1) is 0 Å². The first-order valence-corrected chi connectivity index (χ1v) is 10.6. The maximum Gasteiger partial charge on any atom is 0.342 e. The molecule has 0 saturated carbocycles. The van der Waals surface area contributed by atoms with E-state index in [2.05, 4.69) is 18.7 Å². The van der Waals surface area contributed by atoms with Crippen molar-refractivity contribution in [3.8, 4) is 11.5 Å². The van der Waals surface area contributed by atoms with Gasteiger partial charge in [0.1, 0.15) is 11.5 Å². The van der Waals surface area contributed by atoms with Crippen molar-refractivity contribution in [2.75, 3.05) is 18.0 Å². The summed E-state index contributed by atoms with van der Waals surface area (Å²) in [5, 5.41) is 0.554. The number of esters is 1. The Kier molecular flexibility index (Phi) is 4.30. The lowest BCUT2D eigenvalue weighted by atomic mass is 9.77. The van der Waals surface area contributed by atoms with Crippen molar-refractivity contribution in [2.45, 2.75) is 26.4 Å². The van der Waals surface area contributed by atoms with Gasteiger partial charge in [0.05, 0.1) is 16.3 Å². The van der Waals surface area contributed by atoms with Gasteiger partial charge in [-0.1, -0.05) is 48.0 Å². The number of aryl methyl sites for hydroxylation is 1. The van der Waals surface area contributed by atoms with E-state index >= 15 is 0 Å². The largest absolute Gasteiger partial charge is 0.456 e. The van der Waals surface area contributed by atoms with Crippen LogP contribution in [0.1, 0.15) is 46.5 Å². The zero-order chi connectivity index (χ0) is 21.0. The number of halogens is 1. The number of carbonyl (C=O) groups excluding carboxylic acids is 1. The number of hydrogen-bond acceptors (Lipinski definition) is 4. The third-order valence-electron chi connectivity index (χ3n) is 6.08. The molecule has 0 aliphatic carbocycles. The second-order valence-electron chi connectivity index (χ2n) is 7.61. The van der Waals surface area contributed by atoms with Gasteiger partial charge in [-0.25, -0.2) is 4.79 Å². The normalized spacial score (nSPS) is 15.1. The lowest BCUT2D eigenvalue weighted by molar-refractivity contribution is 0.0225. The van der Waals surface area contributed by atoms with Gasteiger partial charge in [-0.05, 0) is 44.5 Å². The van der Waals surface area contributed by atoms with Crippen molar-refractivity contribution in [1.29, 1.82) is 0 Å². The zero-order valence-corrected chi connectivity index (χ0v) is 17.9. The Labute approximate surface area is 181 Å². The van der Waals surface area contributed by atoms with Gasteiger partial charge >= 0.3 is 5.97 Å². The molecular formula is C25H22ClNO3. The van der Waals surface area contributed by atoms with Crippen LogP contribution in [-0.2, 0) is 10.3 Å². The van der Waals surface area contributed by atoms with Gasteiger partial charge in [0.25, 0.3) is 0 Å². The van der Waals surface area contributed by atoms with Crippen molar-refractivity contribution in [3.05, 3.63) is 87.4 Å². The van der Waals surface area contributed by atoms with Crippen LogP contribution in [0.5, 0.6) is 11.5 Å². The Balaban J connectivity index is 1.93. The summed E-state index contributed by atoms with van der Waals surface area (Å²) in [6, 6.07) is 17.4. The Morgan fingerprint density at radius 2 is 1.53 bits per heavy atom. The molecule has 0 unspecified atom stereocenters. The highest BCUT2D eigenvalue weighted by atomic mass is 35.5. The summed E-state index contributed by atoms with van der Waals surface area (Å²) in [5.41, 5.74) is 3.46. The van der Waals surface area contributed by atoms with Crippen LogP contribution in [0.25, 0.3) is 0 Å². The highest BCUT2D eigenvalue weighted by molar-refractivity contribution is 6.33. The topological polar surface area (TPSA) is 38.8 Å². The first-order valence-electron chi connectivity index (χ1n) is 10.2. The minimum Gasteiger partial charge on any atom is -0.456 e. The van der Waals surface area contributed by atoms with Gasteiger partial charge in [0, 0.05) is 29.8 Å². The molecule has 2 aliphatic heterocycles. The maximum absolute atomic E-state index is 13.4. The summed E-state index contributed by atoms with van der Waals surface area (Å²) in [5.74, 6) is 0.970. The minimum atomic E-state index is -1.14. The summed E-state index contributed by atoms with van der Waals surface area (Å²) >= 11 is 6.93. The van der Waals surface area contributed by atoms with Crippen molar-refractivity contribution < 1.29 is 14.3 Å². The summed E-state index contributed by atoms with van der Waals surface area (Å²) in [7, 11) is 0. The molecule has 0 N–H and O–H groups in total. The highest BCUT2D eigenvalue weighted by Gasteiger charge is 2.55. The van der Waals surface area contributed by atoms with E-state index in [1.54, 1.807) is 0 Å². The molecule has 3 aromatic rings. The Morgan fingerprint density at radius 3 is 2.10 bits per heavy atom. The quantitative estimate of drug-likeness (QED) is 0.483. The van der Waals surface area contributed by atoms with Gasteiger partial charge < -0.3 is 14.4 Å². The van der Waals surface area contributed by atoms with Crippen LogP contribution in [0.15, 0.2) is 54.6 Å². The molecule has 152 valence electrons. The fourth-order valence-corrected chi connectivity index (χ4v) is 4.99. The number of para-hydroxylation sites is 2. The molecular weight excluding hydrogens is 398 g/mol. The van der Waals surface area contributed by atoms with Crippen LogP contribution in [-0.4, -0.2) is 19.1 Å². The van der Waals surface area contributed by atoms with Crippen molar-refractivity contribution in [2.24, 2.45) is 0 Å². The third-order valence-corrected chi connectivity index (χ3v) is 6.57. The average molecular weight is 420 g/mol. The lowest BCUT2D eigenvalue weighted by Gasteiger charge is -2.37. The predicted molar refractivity (Wildman–Crippen MR) is 118 cm³/mol. The summed E-state index contributed by atoms with van der Waals surface area (Å²) in [4.78, 5) is 15.6. The number of rotatable bonds is 3. The smallest absolute Gasteiger partial charge is 0.342 e. The van der Waals surface area contributed by atoms with E-state index in [4.69, 9.17) is 21.1 Å². The van der Waals surface area contributed by atoms with E-state index in [1.165, 1.54) is 0 Å². The molecule has 0 saturated heterocycles. The van der Waals surface area contributed by atoms with Crippen molar-refractivity contribution in [3.63, 3.8) is 0 Å². The molecule has 2 heterocycles. The second-order valence-corrected chi connectivity index (χ2v) is 7.99. The van der Waals surface area contributed by atoms with Gasteiger partial charge in [-0.3, -0.25) is 0 Å². The van der Waals surface area contributed by atoms with Gasteiger partial charge in [0.15, 0.2) is 5.60 Å². The van der Waals surface area contributed by atoms with E-state index < -0.39 is 5.60 Å². The van der Waals surface area contributed by atoms with Gasteiger partial charge in [-0.2, -0.15) is 0 Å². The van der Waals surface area contributed by atoms with E-state index in [0.717, 1.165) is 35.5 Å². The highest BCUT2D eigenvalue weighted by Crippen LogP contribution is 2.59. The number of anilines is 1. The molecule has 5 heteroatoms. The fourth-order valence-electron chi connectivity index (χ4n) is 4.70. The monoisotopic (exact) mass is 419 g/mol.